The molecule has 0 saturated heterocycles. The van der Waals surface area contributed by atoms with Crippen molar-refractivity contribution in [3.8, 4) is 5.75 Å². The van der Waals surface area contributed by atoms with Crippen LogP contribution in [-0.2, 0) is 9.59 Å². The number of hydrogen-bond acceptors (Lipinski definition) is 4. The first-order chi connectivity index (χ1) is 14.9. The Morgan fingerprint density at radius 2 is 1.65 bits per heavy atom. The second-order valence-electron chi connectivity index (χ2n) is 7.35. The monoisotopic (exact) mass is 432 g/mol. The van der Waals surface area contributed by atoms with Gasteiger partial charge in [-0.25, -0.2) is 4.90 Å². The lowest BCUT2D eigenvalue weighted by atomic mass is 10.0. The molecule has 1 heterocycles. The molecular weight excluding hydrogens is 412 g/mol. The molecule has 4 rings (SSSR count). The fourth-order valence-electron chi connectivity index (χ4n) is 3.53. The Morgan fingerprint density at radius 3 is 2.32 bits per heavy atom. The van der Waals surface area contributed by atoms with E-state index in [1.165, 1.54) is 0 Å². The third kappa shape index (κ3) is 3.92. The minimum atomic E-state index is -0.431. The van der Waals surface area contributed by atoms with Crippen molar-refractivity contribution in [3.05, 3.63) is 94.1 Å². The summed E-state index contributed by atoms with van der Waals surface area (Å²) in [6.45, 7) is 3.93. The Morgan fingerprint density at radius 1 is 0.903 bits per heavy atom. The first kappa shape index (κ1) is 20.7. The maximum absolute atomic E-state index is 13.5. The molecule has 1 aliphatic rings. The van der Waals surface area contributed by atoms with Crippen LogP contribution >= 0.6 is 11.6 Å². The summed E-state index contributed by atoms with van der Waals surface area (Å²) < 4.78 is 5.23. The molecule has 0 fully saturated rings. The highest BCUT2D eigenvalue weighted by molar-refractivity contribution is 6.46. The number of aryl methyl sites for hydroxylation is 2. The maximum atomic E-state index is 13.5. The summed E-state index contributed by atoms with van der Waals surface area (Å²) in [4.78, 5) is 28.1. The molecule has 0 atom stereocenters. The van der Waals surface area contributed by atoms with Crippen molar-refractivity contribution >= 4 is 40.4 Å². The Kier molecular flexibility index (Phi) is 5.53. The van der Waals surface area contributed by atoms with Crippen LogP contribution in [0.2, 0.25) is 5.02 Å². The van der Waals surface area contributed by atoms with Crippen molar-refractivity contribution in [2.24, 2.45) is 0 Å². The average molecular weight is 433 g/mol. The highest BCUT2D eigenvalue weighted by atomic mass is 35.5. The number of halogens is 1. The molecule has 5 nitrogen and oxygen atoms in total. The van der Waals surface area contributed by atoms with Crippen LogP contribution < -0.4 is 15.0 Å². The fourth-order valence-corrected chi connectivity index (χ4v) is 3.71. The van der Waals surface area contributed by atoms with Gasteiger partial charge in [0.2, 0.25) is 0 Å². The minimum absolute atomic E-state index is 0.226. The number of carbonyl (C=O) groups is 2. The molecule has 2 amide bonds. The lowest BCUT2D eigenvalue weighted by Gasteiger charge is -2.16. The van der Waals surface area contributed by atoms with Gasteiger partial charge in [0.1, 0.15) is 11.4 Å². The molecule has 6 heteroatoms. The highest BCUT2D eigenvalue weighted by Crippen LogP contribution is 2.35. The first-order valence-corrected chi connectivity index (χ1v) is 10.1. The number of hydrogen-bond donors (Lipinski definition) is 1. The van der Waals surface area contributed by atoms with Gasteiger partial charge < -0.3 is 10.1 Å². The maximum Gasteiger partial charge on any atom is 0.282 e. The van der Waals surface area contributed by atoms with Gasteiger partial charge in [-0.3, -0.25) is 9.59 Å². The molecular formula is C25H21ClN2O3. The van der Waals surface area contributed by atoms with Crippen LogP contribution in [0.3, 0.4) is 0 Å². The van der Waals surface area contributed by atoms with Gasteiger partial charge in [0.15, 0.2) is 0 Å². The first-order valence-electron chi connectivity index (χ1n) is 9.76. The van der Waals surface area contributed by atoms with Crippen LogP contribution in [0.1, 0.15) is 16.7 Å². The molecule has 1 N–H and O–H groups in total. The second-order valence-corrected chi connectivity index (χ2v) is 7.78. The summed E-state index contributed by atoms with van der Waals surface area (Å²) in [5.74, 6) is -0.180. The SMILES string of the molecule is COc1ccc(C2=C(Nc3cc(C)ccc3C)C(=O)N(c3cccc(Cl)c3)C2=O)cc1. The van der Waals surface area contributed by atoms with E-state index in [4.69, 9.17) is 16.3 Å². The number of rotatable bonds is 5. The van der Waals surface area contributed by atoms with Crippen LogP contribution in [0.5, 0.6) is 5.75 Å². The van der Waals surface area contributed by atoms with Crippen LogP contribution in [0, 0.1) is 13.8 Å². The summed E-state index contributed by atoms with van der Waals surface area (Å²) in [7, 11) is 1.58. The third-order valence-electron chi connectivity index (χ3n) is 5.18. The van der Waals surface area contributed by atoms with Gasteiger partial charge in [-0.05, 0) is 66.9 Å². The number of carbonyl (C=O) groups excluding carboxylic acids is 2. The zero-order chi connectivity index (χ0) is 22.1. The number of ether oxygens (including phenoxy) is 1. The van der Waals surface area contributed by atoms with Crippen molar-refractivity contribution < 1.29 is 14.3 Å². The summed E-state index contributed by atoms with van der Waals surface area (Å²) in [5, 5.41) is 3.67. The van der Waals surface area contributed by atoms with Gasteiger partial charge in [0.25, 0.3) is 11.8 Å². The lowest BCUT2D eigenvalue weighted by Crippen LogP contribution is -2.32. The molecule has 0 saturated carbocycles. The molecule has 1 aliphatic heterocycles. The number of imide groups is 1. The van der Waals surface area contributed by atoms with Gasteiger partial charge >= 0.3 is 0 Å². The van der Waals surface area contributed by atoms with Crippen LogP contribution in [-0.4, -0.2) is 18.9 Å². The van der Waals surface area contributed by atoms with Gasteiger partial charge in [-0.1, -0.05) is 41.9 Å². The highest BCUT2D eigenvalue weighted by Gasteiger charge is 2.40. The molecule has 0 radical (unpaired) electrons. The van der Waals surface area contributed by atoms with Gasteiger partial charge in [-0.2, -0.15) is 0 Å². The Hall–Kier alpha value is -3.57. The molecule has 3 aromatic carbocycles. The Labute approximate surface area is 185 Å². The van der Waals surface area contributed by atoms with Crippen LogP contribution in [0.15, 0.2) is 72.4 Å². The van der Waals surface area contributed by atoms with Crippen molar-refractivity contribution in [2.75, 3.05) is 17.3 Å². The van der Waals surface area contributed by atoms with E-state index in [-0.39, 0.29) is 5.70 Å². The number of methoxy groups -OCH3 is 1. The van der Waals surface area contributed by atoms with E-state index in [1.807, 2.05) is 32.0 Å². The zero-order valence-electron chi connectivity index (χ0n) is 17.4. The number of amides is 2. The largest absolute Gasteiger partial charge is 0.497 e. The summed E-state index contributed by atoms with van der Waals surface area (Å²) in [5.41, 5.74) is 4.35. The summed E-state index contributed by atoms with van der Waals surface area (Å²) >= 11 is 6.12. The fraction of sp³-hybridized carbons (Fsp3) is 0.120. The van der Waals surface area contributed by atoms with E-state index in [9.17, 15) is 9.59 Å². The third-order valence-corrected chi connectivity index (χ3v) is 5.42. The minimum Gasteiger partial charge on any atom is -0.497 e. The normalized spacial score (nSPS) is 13.7. The number of nitrogens with zero attached hydrogens (tertiary/aromatic N) is 1. The van der Waals surface area contributed by atoms with Gasteiger partial charge in [0.05, 0.1) is 18.4 Å². The summed E-state index contributed by atoms with van der Waals surface area (Å²) in [6, 6.07) is 19.7. The standard InChI is InChI=1S/C25H21ClN2O3/c1-15-7-8-16(2)21(13-15)27-23-22(17-9-11-20(31-3)12-10-17)24(29)28(25(23)30)19-6-4-5-18(26)14-19/h4-14,27H,1-3H3. The lowest BCUT2D eigenvalue weighted by molar-refractivity contribution is -0.120. The molecule has 3 aromatic rings. The summed E-state index contributed by atoms with van der Waals surface area (Å²) in [6.07, 6.45) is 0. The predicted molar refractivity (Wildman–Crippen MR) is 123 cm³/mol. The topological polar surface area (TPSA) is 58.6 Å². The second kappa shape index (κ2) is 8.28. The van der Waals surface area contributed by atoms with E-state index in [1.54, 1.807) is 55.6 Å². The smallest absolute Gasteiger partial charge is 0.282 e. The zero-order valence-corrected chi connectivity index (χ0v) is 18.2. The Balaban J connectivity index is 1.85. The van der Waals surface area contributed by atoms with Crippen LogP contribution in [0.25, 0.3) is 5.57 Å². The van der Waals surface area contributed by atoms with Crippen molar-refractivity contribution in [3.63, 3.8) is 0 Å². The van der Waals surface area contributed by atoms with E-state index in [0.717, 1.165) is 21.7 Å². The van der Waals surface area contributed by atoms with E-state index >= 15 is 0 Å². The van der Waals surface area contributed by atoms with Crippen molar-refractivity contribution in [1.29, 1.82) is 0 Å². The number of benzene rings is 3. The van der Waals surface area contributed by atoms with Crippen LogP contribution in [0.4, 0.5) is 11.4 Å². The number of nitrogens with one attached hydrogen (secondary N) is 1. The van der Waals surface area contributed by atoms with E-state index in [2.05, 4.69) is 5.32 Å². The van der Waals surface area contributed by atoms with E-state index < -0.39 is 11.8 Å². The quantitative estimate of drug-likeness (QED) is 0.551. The van der Waals surface area contributed by atoms with Crippen molar-refractivity contribution in [2.45, 2.75) is 13.8 Å². The molecule has 0 aliphatic carbocycles. The molecule has 31 heavy (non-hydrogen) atoms. The van der Waals surface area contributed by atoms with Crippen molar-refractivity contribution in [1.82, 2.24) is 0 Å². The van der Waals surface area contributed by atoms with E-state index in [0.29, 0.717) is 27.6 Å². The molecule has 156 valence electrons. The molecule has 0 spiro atoms. The average Bonchev–Trinajstić information content (AvgIpc) is 3.00. The predicted octanol–water partition coefficient (Wildman–Crippen LogP) is 5.36. The molecule has 0 aromatic heterocycles. The Bertz CT molecular complexity index is 1220. The molecule has 0 unspecified atom stereocenters. The van der Waals surface area contributed by atoms with Gasteiger partial charge in [0, 0.05) is 10.7 Å². The number of anilines is 2. The molecule has 0 bridgehead atoms. The van der Waals surface area contributed by atoms with Gasteiger partial charge in [-0.15, -0.1) is 0 Å².